The summed E-state index contributed by atoms with van der Waals surface area (Å²) in [7, 11) is 0. The molecule has 0 saturated heterocycles. The molecule has 0 aromatic heterocycles. The molecular formula is C27H44N4O6. The molecule has 1 aromatic carbocycles. The number of ether oxygens (including phenoxy) is 2. The highest BCUT2D eigenvalue weighted by Gasteiger charge is 2.31. The lowest BCUT2D eigenvalue weighted by Gasteiger charge is -2.27. The molecule has 0 fully saturated rings. The number of primary amides is 1. The summed E-state index contributed by atoms with van der Waals surface area (Å²) in [6.07, 6.45) is -0.0968. The van der Waals surface area contributed by atoms with E-state index in [-0.39, 0.29) is 25.0 Å². The molecule has 4 amide bonds. The van der Waals surface area contributed by atoms with Gasteiger partial charge in [-0.05, 0) is 51.0 Å². The van der Waals surface area contributed by atoms with Crippen LogP contribution in [-0.2, 0) is 30.5 Å². The highest BCUT2D eigenvalue weighted by Crippen LogP contribution is 2.10. The summed E-state index contributed by atoms with van der Waals surface area (Å²) in [5.74, 6) is -1.60. The van der Waals surface area contributed by atoms with E-state index in [0.29, 0.717) is 12.8 Å². The summed E-state index contributed by atoms with van der Waals surface area (Å²) < 4.78 is 11.0. The van der Waals surface area contributed by atoms with Gasteiger partial charge in [-0.3, -0.25) is 14.4 Å². The molecule has 5 N–H and O–H groups in total. The number of amides is 4. The van der Waals surface area contributed by atoms with Gasteiger partial charge in [-0.15, -0.1) is 0 Å². The van der Waals surface area contributed by atoms with Crippen molar-refractivity contribution in [1.29, 1.82) is 0 Å². The van der Waals surface area contributed by atoms with Gasteiger partial charge < -0.3 is 31.2 Å². The van der Waals surface area contributed by atoms with Gasteiger partial charge in [0, 0.05) is 0 Å². The SMILES string of the molecule is CC(C)C[C@H](NC(=O)[C@@H](COCc1ccccc1)NC(=O)OC(C)(C)C)C(=O)N[C@H](CC(C)C)C(N)=O. The second-order valence-corrected chi connectivity index (χ2v) is 11.0. The van der Waals surface area contributed by atoms with Crippen molar-refractivity contribution in [2.24, 2.45) is 17.6 Å². The number of hydrogen-bond acceptors (Lipinski definition) is 6. The Morgan fingerprint density at radius 2 is 1.32 bits per heavy atom. The fraction of sp³-hybridized carbons (Fsp3) is 0.630. The lowest BCUT2D eigenvalue weighted by molar-refractivity contribution is -0.133. The van der Waals surface area contributed by atoms with E-state index < -0.39 is 47.5 Å². The summed E-state index contributed by atoms with van der Waals surface area (Å²) in [5, 5.41) is 7.91. The van der Waals surface area contributed by atoms with Crippen LogP contribution in [0.4, 0.5) is 4.79 Å². The number of alkyl carbamates (subject to hydrolysis) is 1. The first-order valence-electron chi connectivity index (χ1n) is 12.7. The molecule has 0 radical (unpaired) electrons. The van der Waals surface area contributed by atoms with Crippen LogP contribution in [0.25, 0.3) is 0 Å². The van der Waals surface area contributed by atoms with Crippen LogP contribution in [0.15, 0.2) is 30.3 Å². The van der Waals surface area contributed by atoms with Crippen molar-refractivity contribution in [3.8, 4) is 0 Å². The van der Waals surface area contributed by atoms with E-state index >= 15 is 0 Å². The molecule has 10 nitrogen and oxygen atoms in total. The van der Waals surface area contributed by atoms with Crippen LogP contribution in [0, 0.1) is 11.8 Å². The Hall–Kier alpha value is -3.14. The largest absolute Gasteiger partial charge is 0.444 e. The Morgan fingerprint density at radius 1 is 0.811 bits per heavy atom. The topological polar surface area (TPSA) is 149 Å². The summed E-state index contributed by atoms with van der Waals surface area (Å²) in [4.78, 5) is 50.6. The van der Waals surface area contributed by atoms with Crippen molar-refractivity contribution in [2.75, 3.05) is 6.61 Å². The molecule has 10 heteroatoms. The minimum Gasteiger partial charge on any atom is -0.444 e. The number of benzene rings is 1. The first-order chi connectivity index (χ1) is 17.2. The molecule has 0 aliphatic carbocycles. The van der Waals surface area contributed by atoms with Crippen LogP contribution in [0.5, 0.6) is 0 Å². The number of hydrogen-bond donors (Lipinski definition) is 4. The zero-order valence-electron chi connectivity index (χ0n) is 23.1. The third-order valence-corrected chi connectivity index (χ3v) is 5.11. The van der Waals surface area contributed by atoms with Gasteiger partial charge in [0.2, 0.25) is 17.7 Å². The maximum Gasteiger partial charge on any atom is 0.408 e. The summed E-state index contributed by atoms with van der Waals surface area (Å²) in [6, 6.07) is 6.46. The van der Waals surface area contributed by atoms with E-state index in [1.807, 2.05) is 58.0 Å². The number of rotatable bonds is 14. The molecule has 0 unspecified atom stereocenters. The molecule has 0 bridgehead atoms. The van der Waals surface area contributed by atoms with Crippen molar-refractivity contribution < 1.29 is 28.7 Å². The Balaban J connectivity index is 3.00. The third-order valence-electron chi connectivity index (χ3n) is 5.11. The maximum absolute atomic E-state index is 13.2. The quantitative estimate of drug-likeness (QED) is 0.296. The van der Waals surface area contributed by atoms with Crippen LogP contribution in [0.1, 0.15) is 66.9 Å². The van der Waals surface area contributed by atoms with E-state index in [1.54, 1.807) is 20.8 Å². The van der Waals surface area contributed by atoms with Gasteiger partial charge in [0.15, 0.2) is 0 Å². The highest BCUT2D eigenvalue weighted by molar-refractivity contribution is 5.93. The molecule has 208 valence electrons. The number of carbonyl (C=O) groups excluding carboxylic acids is 4. The fourth-order valence-corrected chi connectivity index (χ4v) is 3.47. The van der Waals surface area contributed by atoms with E-state index in [1.165, 1.54) is 0 Å². The van der Waals surface area contributed by atoms with E-state index in [2.05, 4.69) is 16.0 Å². The fourth-order valence-electron chi connectivity index (χ4n) is 3.47. The van der Waals surface area contributed by atoms with Crippen LogP contribution < -0.4 is 21.7 Å². The Bertz CT molecular complexity index is 883. The predicted molar refractivity (Wildman–Crippen MR) is 141 cm³/mol. The molecule has 0 heterocycles. The van der Waals surface area contributed by atoms with Crippen molar-refractivity contribution in [3.05, 3.63) is 35.9 Å². The molecule has 0 aliphatic heterocycles. The number of nitrogens with one attached hydrogen (secondary N) is 3. The molecule has 1 aromatic rings. The maximum atomic E-state index is 13.2. The van der Waals surface area contributed by atoms with Crippen molar-refractivity contribution in [2.45, 2.75) is 91.6 Å². The lowest BCUT2D eigenvalue weighted by atomic mass is 10.00. The van der Waals surface area contributed by atoms with Crippen LogP contribution in [0.2, 0.25) is 0 Å². The van der Waals surface area contributed by atoms with Gasteiger partial charge in [-0.1, -0.05) is 58.0 Å². The third kappa shape index (κ3) is 13.7. The second-order valence-electron chi connectivity index (χ2n) is 11.0. The Morgan fingerprint density at radius 3 is 1.84 bits per heavy atom. The zero-order chi connectivity index (χ0) is 28.2. The Labute approximate surface area is 220 Å². The lowest BCUT2D eigenvalue weighted by Crippen LogP contribution is -2.58. The minimum absolute atomic E-state index is 0.0553. The average molecular weight is 521 g/mol. The molecule has 37 heavy (non-hydrogen) atoms. The van der Waals surface area contributed by atoms with E-state index in [9.17, 15) is 19.2 Å². The minimum atomic E-state index is -1.12. The number of nitrogens with two attached hydrogens (primary N) is 1. The van der Waals surface area contributed by atoms with Crippen molar-refractivity contribution >= 4 is 23.8 Å². The first-order valence-corrected chi connectivity index (χ1v) is 12.7. The van der Waals surface area contributed by atoms with Gasteiger partial charge >= 0.3 is 6.09 Å². The van der Waals surface area contributed by atoms with E-state index in [0.717, 1.165) is 5.56 Å². The van der Waals surface area contributed by atoms with Crippen molar-refractivity contribution in [1.82, 2.24) is 16.0 Å². The summed E-state index contributed by atoms with van der Waals surface area (Å²) >= 11 is 0. The van der Waals surface area contributed by atoms with Gasteiger partial charge in [0.25, 0.3) is 0 Å². The summed E-state index contributed by atoms with van der Waals surface area (Å²) in [5.41, 5.74) is 5.61. The zero-order valence-corrected chi connectivity index (χ0v) is 23.1. The Kier molecular flexibility index (Phi) is 13.1. The predicted octanol–water partition coefficient (Wildman–Crippen LogP) is 2.64. The van der Waals surface area contributed by atoms with Gasteiger partial charge in [-0.2, -0.15) is 0 Å². The second kappa shape index (κ2) is 15.2. The standard InChI is InChI=1S/C27H44N4O6/c1-17(2)13-20(23(28)32)29-24(33)21(14-18(3)4)30-25(34)22(31-26(35)37-27(5,6)7)16-36-15-19-11-9-8-10-12-19/h8-12,17-18,20-22H,13-16H2,1-7H3,(H2,28,32)(H,29,33)(H,30,34)(H,31,35)/t20-,21+,22-/m1/s1. The molecular weight excluding hydrogens is 476 g/mol. The summed E-state index contributed by atoms with van der Waals surface area (Å²) in [6.45, 7) is 12.9. The molecule has 0 aliphatic rings. The van der Waals surface area contributed by atoms with E-state index in [4.69, 9.17) is 15.2 Å². The van der Waals surface area contributed by atoms with Gasteiger partial charge in [-0.25, -0.2) is 4.79 Å². The first kappa shape index (κ1) is 31.9. The molecule has 1 rings (SSSR count). The monoisotopic (exact) mass is 520 g/mol. The van der Waals surface area contributed by atoms with Gasteiger partial charge in [0.1, 0.15) is 23.7 Å². The number of carbonyl (C=O) groups is 4. The molecule has 0 spiro atoms. The smallest absolute Gasteiger partial charge is 0.408 e. The van der Waals surface area contributed by atoms with Crippen molar-refractivity contribution in [3.63, 3.8) is 0 Å². The molecule has 3 atom stereocenters. The normalized spacial score (nSPS) is 14.0. The highest BCUT2D eigenvalue weighted by atomic mass is 16.6. The van der Waals surface area contributed by atoms with Crippen LogP contribution >= 0.6 is 0 Å². The molecule has 0 saturated carbocycles. The average Bonchev–Trinajstić information content (AvgIpc) is 2.76. The van der Waals surface area contributed by atoms with Crippen LogP contribution in [0.3, 0.4) is 0 Å². The van der Waals surface area contributed by atoms with Crippen LogP contribution in [-0.4, -0.2) is 54.1 Å². The van der Waals surface area contributed by atoms with Gasteiger partial charge in [0.05, 0.1) is 13.2 Å².